The molecule has 2 aromatic heterocycles. The number of nitrogen functional groups attached to an aromatic ring is 1. The van der Waals surface area contributed by atoms with Gasteiger partial charge in [0.2, 0.25) is 0 Å². The van der Waals surface area contributed by atoms with E-state index in [1.807, 2.05) is 17.5 Å². The fraction of sp³-hybridized carbons (Fsp3) is 0.0714. The van der Waals surface area contributed by atoms with Crippen LogP contribution in [0.2, 0.25) is 5.02 Å². The van der Waals surface area contributed by atoms with E-state index in [1.54, 1.807) is 40.3 Å². The average molecular weight is 291 g/mol. The number of halogens is 1. The Bertz CT molecular complexity index is 807. The summed E-state index contributed by atoms with van der Waals surface area (Å²) in [6.45, 7) is 0.425. The quantitative estimate of drug-likeness (QED) is 0.736. The number of pyridine rings is 1. The summed E-state index contributed by atoms with van der Waals surface area (Å²) >= 11 is 7.69. The Labute approximate surface area is 118 Å². The van der Waals surface area contributed by atoms with Gasteiger partial charge in [0.25, 0.3) is 5.56 Å². The molecule has 5 heteroatoms. The zero-order valence-electron chi connectivity index (χ0n) is 9.97. The van der Waals surface area contributed by atoms with Gasteiger partial charge < -0.3 is 10.3 Å². The molecule has 3 nitrogen and oxygen atoms in total. The van der Waals surface area contributed by atoms with E-state index in [1.165, 1.54) is 0 Å². The van der Waals surface area contributed by atoms with Crippen LogP contribution in [0.5, 0.6) is 0 Å². The van der Waals surface area contributed by atoms with Crippen LogP contribution in [0, 0.1) is 0 Å². The van der Waals surface area contributed by atoms with Crippen molar-refractivity contribution in [2.24, 2.45) is 0 Å². The van der Waals surface area contributed by atoms with Gasteiger partial charge in [0.1, 0.15) is 0 Å². The van der Waals surface area contributed by atoms with Crippen LogP contribution < -0.4 is 11.3 Å². The van der Waals surface area contributed by atoms with Gasteiger partial charge in [-0.3, -0.25) is 4.79 Å². The molecule has 0 aliphatic carbocycles. The summed E-state index contributed by atoms with van der Waals surface area (Å²) in [5.74, 6) is 0. The van der Waals surface area contributed by atoms with Crippen molar-refractivity contribution in [3.05, 3.63) is 62.8 Å². The van der Waals surface area contributed by atoms with Gasteiger partial charge in [-0.25, -0.2) is 0 Å². The monoisotopic (exact) mass is 290 g/mol. The van der Waals surface area contributed by atoms with Crippen LogP contribution in [0.4, 0.5) is 5.69 Å². The molecular formula is C14H11ClN2OS. The highest BCUT2D eigenvalue weighted by Crippen LogP contribution is 2.21. The largest absolute Gasteiger partial charge is 0.399 e. The summed E-state index contributed by atoms with van der Waals surface area (Å²) in [6.07, 6.45) is 1.79. The third kappa shape index (κ3) is 2.25. The lowest BCUT2D eigenvalue weighted by Gasteiger charge is -2.08. The first-order chi connectivity index (χ1) is 9.15. The molecule has 1 aromatic carbocycles. The van der Waals surface area contributed by atoms with Gasteiger partial charge in [-0.05, 0) is 41.3 Å². The lowest BCUT2D eigenvalue weighted by molar-refractivity contribution is 0.769. The van der Waals surface area contributed by atoms with Crippen molar-refractivity contribution in [1.82, 2.24) is 4.57 Å². The van der Waals surface area contributed by atoms with Crippen molar-refractivity contribution < 1.29 is 0 Å². The van der Waals surface area contributed by atoms with Gasteiger partial charge in [-0.1, -0.05) is 11.6 Å². The van der Waals surface area contributed by atoms with Gasteiger partial charge in [0, 0.05) is 21.6 Å². The molecule has 0 atom stereocenters. The van der Waals surface area contributed by atoms with Crippen LogP contribution in [0.25, 0.3) is 10.1 Å². The van der Waals surface area contributed by atoms with E-state index in [9.17, 15) is 4.79 Å². The van der Waals surface area contributed by atoms with E-state index >= 15 is 0 Å². The third-order valence-corrected chi connectivity index (χ3v) is 4.25. The minimum absolute atomic E-state index is 0.00255. The van der Waals surface area contributed by atoms with Crippen molar-refractivity contribution in [2.75, 3.05) is 5.73 Å². The predicted octanol–water partition coefficient (Wildman–Crippen LogP) is 3.35. The van der Waals surface area contributed by atoms with Crippen LogP contribution in [0.1, 0.15) is 5.56 Å². The number of thiophene rings is 1. The summed E-state index contributed by atoms with van der Waals surface area (Å²) in [5, 5.41) is 3.28. The molecule has 0 aliphatic rings. The first kappa shape index (κ1) is 12.3. The molecule has 2 N–H and O–H groups in total. The van der Waals surface area contributed by atoms with Crippen molar-refractivity contribution >= 4 is 38.7 Å². The van der Waals surface area contributed by atoms with E-state index in [2.05, 4.69) is 0 Å². The molecule has 0 saturated heterocycles. The first-order valence-corrected chi connectivity index (χ1v) is 7.01. The summed E-state index contributed by atoms with van der Waals surface area (Å²) in [6, 6.07) is 9.09. The Kier molecular flexibility index (Phi) is 3.05. The molecule has 96 valence electrons. The van der Waals surface area contributed by atoms with Crippen LogP contribution in [-0.4, -0.2) is 4.57 Å². The maximum Gasteiger partial charge on any atom is 0.259 e. The first-order valence-electron chi connectivity index (χ1n) is 5.76. The van der Waals surface area contributed by atoms with E-state index in [0.29, 0.717) is 17.3 Å². The van der Waals surface area contributed by atoms with Gasteiger partial charge >= 0.3 is 0 Å². The molecular weight excluding hydrogens is 280 g/mol. The minimum atomic E-state index is -0.00255. The highest BCUT2D eigenvalue weighted by Gasteiger charge is 2.06. The second kappa shape index (κ2) is 4.72. The molecule has 2 heterocycles. The summed E-state index contributed by atoms with van der Waals surface area (Å²) in [4.78, 5) is 12.3. The summed E-state index contributed by atoms with van der Waals surface area (Å²) in [7, 11) is 0. The molecule has 19 heavy (non-hydrogen) atoms. The second-order valence-electron chi connectivity index (χ2n) is 4.30. The lowest BCUT2D eigenvalue weighted by atomic mass is 10.2. The SMILES string of the molecule is Nc1ccc(Cl)c(Cn2ccc3sccc3c2=O)c1. The van der Waals surface area contributed by atoms with Crippen molar-refractivity contribution in [1.29, 1.82) is 0 Å². The zero-order valence-corrected chi connectivity index (χ0v) is 11.5. The predicted molar refractivity (Wildman–Crippen MR) is 81.1 cm³/mol. The van der Waals surface area contributed by atoms with Crippen molar-refractivity contribution in [3.8, 4) is 0 Å². The van der Waals surface area contributed by atoms with Crippen molar-refractivity contribution in [3.63, 3.8) is 0 Å². The average Bonchev–Trinajstić information content (AvgIpc) is 2.86. The Balaban J connectivity index is 2.08. The maximum atomic E-state index is 12.3. The Morgan fingerprint density at radius 3 is 2.95 bits per heavy atom. The zero-order chi connectivity index (χ0) is 13.4. The number of anilines is 1. The van der Waals surface area contributed by atoms with E-state index in [4.69, 9.17) is 17.3 Å². The topological polar surface area (TPSA) is 48.0 Å². The number of aromatic nitrogens is 1. The maximum absolute atomic E-state index is 12.3. The molecule has 0 aliphatic heterocycles. The summed E-state index contributed by atoms with van der Waals surface area (Å²) < 4.78 is 2.65. The van der Waals surface area contributed by atoms with Crippen LogP contribution in [-0.2, 0) is 6.54 Å². The normalized spacial score (nSPS) is 11.0. The van der Waals surface area contributed by atoms with E-state index < -0.39 is 0 Å². The Morgan fingerprint density at radius 2 is 2.11 bits per heavy atom. The summed E-state index contributed by atoms with van der Waals surface area (Å²) in [5.41, 5.74) is 7.23. The molecule has 0 radical (unpaired) electrons. The van der Waals surface area contributed by atoms with Crippen LogP contribution >= 0.6 is 22.9 Å². The van der Waals surface area contributed by atoms with Gasteiger partial charge in [-0.15, -0.1) is 11.3 Å². The van der Waals surface area contributed by atoms with Gasteiger partial charge in [-0.2, -0.15) is 0 Å². The second-order valence-corrected chi connectivity index (χ2v) is 5.65. The van der Waals surface area contributed by atoms with Gasteiger partial charge in [0.05, 0.1) is 11.9 Å². The van der Waals surface area contributed by atoms with Crippen LogP contribution in [0.3, 0.4) is 0 Å². The molecule has 3 aromatic rings. The van der Waals surface area contributed by atoms with E-state index in [-0.39, 0.29) is 5.56 Å². The number of hydrogen-bond acceptors (Lipinski definition) is 3. The Hall–Kier alpha value is -1.78. The smallest absolute Gasteiger partial charge is 0.259 e. The number of benzene rings is 1. The standard InChI is InChI=1S/C14H11ClN2OS/c15-12-2-1-10(16)7-9(12)8-17-5-3-13-11(14(17)18)4-6-19-13/h1-7H,8,16H2. The number of nitrogens with zero attached hydrogens (tertiary/aromatic N) is 1. The number of rotatable bonds is 2. The van der Waals surface area contributed by atoms with E-state index in [0.717, 1.165) is 15.6 Å². The Morgan fingerprint density at radius 1 is 1.26 bits per heavy atom. The fourth-order valence-electron chi connectivity index (χ4n) is 2.03. The molecule has 0 saturated carbocycles. The fourth-order valence-corrected chi connectivity index (χ4v) is 2.98. The number of fused-ring (bicyclic) bond motifs is 1. The molecule has 0 fully saturated rings. The third-order valence-electron chi connectivity index (χ3n) is 3.00. The highest BCUT2D eigenvalue weighted by atomic mass is 35.5. The molecule has 0 amide bonds. The molecule has 0 spiro atoms. The van der Waals surface area contributed by atoms with Crippen LogP contribution in [0.15, 0.2) is 46.7 Å². The van der Waals surface area contributed by atoms with Crippen molar-refractivity contribution in [2.45, 2.75) is 6.54 Å². The molecule has 0 unspecified atom stereocenters. The lowest BCUT2D eigenvalue weighted by Crippen LogP contribution is -2.19. The molecule has 0 bridgehead atoms. The molecule has 3 rings (SSSR count). The number of nitrogens with two attached hydrogens (primary N) is 1. The number of hydrogen-bond donors (Lipinski definition) is 1. The minimum Gasteiger partial charge on any atom is -0.399 e. The van der Waals surface area contributed by atoms with Gasteiger partial charge in [0.15, 0.2) is 0 Å². The highest BCUT2D eigenvalue weighted by molar-refractivity contribution is 7.17.